The van der Waals surface area contributed by atoms with Gasteiger partial charge in [-0.1, -0.05) is 23.7 Å². The zero-order valence-electron chi connectivity index (χ0n) is 19.9. The molecule has 2 amide bonds. The molecule has 0 saturated carbocycles. The van der Waals surface area contributed by atoms with Crippen LogP contribution >= 0.6 is 11.6 Å². The van der Waals surface area contributed by atoms with Crippen molar-refractivity contribution < 1.29 is 32.3 Å². The van der Waals surface area contributed by atoms with E-state index in [1.807, 2.05) is 4.72 Å². The van der Waals surface area contributed by atoms with Crippen LogP contribution < -0.4 is 14.8 Å². The second-order valence-corrected chi connectivity index (χ2v) is 10.1. The van der Waals surface area contributed by atoms with E-state index in [1.165, 1.54) is 24.3 Å². The Balaban J connectivity index is 1.53. The molecule has 3 aromatic rings. The van der Waals surface area contributed by atoms with Gasteiger partial charge < -0.3 is 14.8 Å². The molecule has 0 atom stereocenters. The Morgan fingerprint density at radius 1 is 0.919 bits per heavy atom. The molecule has 0 spiro atoms. The summed E-state index contributed by atoms with van der Waals surface area (Å²) in [6, 6.07) is 14.9. The number of ether oxygens (including phenoxy) is 2. The number of nitrogens with zero attached hydrogens (tertiary/aromatic N) is 1. The third-order valence-electron chi connectivity index (χ3n) is 4.78. The molecule has 37 heavy (non-hydrogen) atoms. The van der Waals surface area contributed by atoms with Gasteiger partial charge in [-0.15, -0.1) is 0 Å². The minimum Gasteiger partial charge on any atom is -0.431 e. The summed E-state index contributed by atoms with van der Waals surface area (Å²) in [7, 11) is -4.15. The number of nitrogens with one attached hydrogen (secondary N) is 2. The minimum absolute atomic E-state index is 0.0544. The molecule has 0 bridgehead atoms. The van der Waals surface area contributed by atoms with Crippen LogP contribution in [-0.2, 0) is 21.2 Å². The first-order chi connectivity index (χ1) is 17.5. The number of benzene rings is 2. The maximum absolute atomic E-state index is 12.6. The van der Waals surface area contributed by atoms with Crippen LogP contribution in [0.5, 0.6) is 5.88 Å². The third-order valence-corrected chi connectivity index (χ3v) is 6.38. The molecule has 1 heterocycles. The number of sulfonamides is 1. The van der Waals surface area contributed by atoms with Crippen LogP contribution in [0.3, 0.4) is 0 Å². The highest BCUT2D eigenvalue weighted by atomic mass is 35.5. The Morgan fingerprint density at radius 2 is 1.57 bits per heavy atom. The maximum Gasteiger partial charge on any atom is 0.515 e. The van der Waals surface area contributed by atoms with Gasteiger partial charge in [0.05, 0.1) is 16.6 Å². The summed E-state index contributed by atoms with van der Waals surface area (Å²) >= 11 is 5.82. The number of carbonyl (C=O) groups excluding carboxylic acids is 3. The standard InChI is InChI=1S/C25H24ClN3O7S/c1-16(2)35-25(32)36-22-12-7-19(15-28-22)24(31)29-37(33,34)21-10-3-17(4-11-21)13-14-27-23(30)18-5-8-20(26)9-6-18/h3-12,15-16H,13-14H2,1-2H3,(H,27,30)(H,29,31). The smallest absolute Gasteiger partial charge is 0.431 e. The van der Waals surface area contributed by atoms with Gasteiger partial charge in [-0.05, 0) is 68.3 Å². The molecule has 0 aliphatic carbocycles. The number of hydrogen-bond acceptors (Lipinski definition) is 8. The number of carbonyl (C=O) groups is 3. The first-order valence-corrected chi connectivity index (χ1v) is 12.9. The van der Waals surface area contributed by atoms with Gasteiger partial charge in [0.15, 0.2) is 0 Å². The predicted molar refractivity (Wildman–Crippen MR) is 135 cm³/mol. The number of pyridine rings is 1. The molecule has 0 aliphatic rings. The second-order valence-electron chi connectivity index (χ2n) is 8.00. The fraction of sp³-hybridized carbons (Fsp3) is 0.200. The highest BCUT2D eigenvalue weighted by molar-refractivity contribution is 7.90. The molecule has 3 rings (SSSR count). The molecule has 194 valence electrons. The summed E-state index contributed by atoms with van der Waals surface area (Å²) in [5.74, 6) is -1.26. The molecule has 0 saturated heterocycles. The van der Waals surface area contributed by atoms with Crippen LogP contribution in [-0.4, -0.2) is 44.0 Å². The van der Waals surface area contributed by atoms with Gasteiger partial charge in [0.1, 0.15) is 0 Å². The maximum atomic E-state index is 12.6. The number of hydrogen-bond donors (Lipinski definition) is 2. The van der Waals surface area contributed by atoms with E-state index in [-0.39, 0.29) is 28.4 Å². The Hall–Kier alpha value is -3.96. The number of rotatable bonds is 9. The highest BCUT2D eigenvalue weighted by Crippen LogP contribution is 2.14. The topological polar surface area (TPSA) is 141 Å². The fourth-order valence-corrected chi connectivity index (χ4v) is 4.08. The van der Waals surface area contributed by atoms with E-state index >= 15 is 0 Å². The Bertz CT molecular complexity index is 1360. The Kier molecular flexibility index (Phi) is 9.20. The predicted octanol–water partition coefficient (Wildman–Crippen LogP) is 3.75. The van der Waals surface area contributed by atoms with Gasteiger partial charge in [-0.3, -0.25) is 9.59 Å². The highest BCUT2D eigenvalue weighted by Gasteiger charge is 2.19. The van der Waals surface area contributed by atoms with Gasteiger partial charge in [0.25, 0.3) is 21.8 Å². The van der Waals surface area contributed by atoms with Crippen molar-refractivity contribution >= 4 is 39.6 Å². The summed E-state index contributed by atoms with van der Waals surface area (Å²) in [5.41, 5.74) is 1.21. The van der Waals surface area contributed by atoms with Crippen molar-refractivity contribution in [3.63, 3.8) is 0 Å². The summed E-state index contributed by atoms with van der Waals surface area (Å²) in [6.07, 6.45) is 0.216. The number of aromatic nitrogens is 1. The quantitative estimate of drug-likeness (QED) is 0.387. The first-order valence-electron chi connectivity index (χ1n) is 11.1. The van der Waals surface area contributed by atoms with Gasteiger partial charge in [0, 0.05) is 29.4 Å². The van der Waals surface area contributed by atoms with Crippen molar-refractivity contribution in [1.82, 2.24) is 15.0 Å². The lowest BCUT2D eigenvalue weighted by molar-refractivity contribution is 0.0715. The third kappa shape index (κ3) is 8.29. The van der Waals surface area contributed by atoms with Crippen LogP contribution in [0.1, 0.15) is 40.1 Å². The number of amides is 2. The van der Waals surface area contributed by atoms with Gasteiger partial charge in [-0.25, -0.2) is 22.9 Å². The van der Waals surface area contributed by atoms with Crippen LogP contribution in [0, 0.1) is 0 Å². The van der Waals surface area contributed by atoms with E-state index in [0.717, 1.165) is 11.8 Å². The molecule has 12 heteroatoms. The Morgan fingerprint density at radius 3 is 2.16 bits per heavy atom. The van der Waals surface area contributed by atoms with Crippen molar-refractivity contribution in [2.75, 3.05) is 6.54 Å². The lowest BCUT2D eigenvalue weighted by Gasteiger charge is -2.09. The average molecular weight is 546 g/mol. The monoisotopic (exact) mass is 545 g/mol. The first kappa shape index (κ1) is 27.6. The molecule has 1 aromatic heterocycles. The van der Waals surface area contributed by atoms with Crippen LogP contribution in [0.4, 0.5) is 4.79 Å². The van der Waals surface area contributed by atoms with E-state index in [0.29, 0.717) is 23.6 Å². The molecular weight excluding hydrogens is 522 g/mol. The van der Waals surface area contributed by atoms with E-state index in [1.54, 1.807) is 50.2 Å². The van der Waals surface area contributed by atoms with E-state index < -0.39 is 22.1 Å². The van der Waals surface area contributed by atoms with Crippen LogP contribution in [0.15, 0.2) is 71.8 Å². The van der Waals surface area contributed by atoms with Gasteiger partial charge in [-0.2, -0.15) is 0 Å². The molecule has 2 aromatic carbocycles. The van der Waals surface area contributed by atoms with Crippen molar-refractivity contribution in [2.24, 2.45) is 0 Å². The van der Waals surface area contributed by atoms with Crippen molar-refractivity contribution in [2.45, 2.75) is 31.3 Å². The van der Waals surface area contributed by atoms with Crippen LogP contribution in [0.25, 0.3) is 0 Å². The van der Waals surface area contributed by atoms with Crippen LogP contribution in [0.2, 0.25) is 5.02 Å². The normalized spacial score (nSPS) is 11.0. The Labute approximate surface area is 219 Å². The van der Waals surface area contributed by atoms with Crippen molar-refractivity contribution in [1.29, 1.82) is 0 Å². The van der Waals surface area contributed by atoms with E-state index in [2.05, 4.69) is 10.3 Å². The summed E-state index contributed by atoms with van der Waals surface area (Å²) in [5, 5.41) is 3.32. The van der Waals surface area contributed by atoms with E-state index in [4.69, 9.17) is 21.1 Å². The molecule has 0 radical (unpaired) electrons. The van der Waals surface area contributed by atoms with Gasteiger partial charge in [0.2, 0.25) is 5.88 Å². The molecule has 10 nitrogen and oxygen atoms in total. The lowest BCUT2D eigenvalue weighted by Crippen LogP contribution is -2.30. The van der Waals surface area contributed by atoms with Crippen molar-refractivity contribution in [3.8, 4) is 5.88 Å². The van der Waals surface area contributed by atoms with Gasteiger partial charge >= 0.3 is 6.16 Å². The summed E-state index contributed by atoms with van der Waals surface area (Å²) < 4.78 is 36.9. The largest absolute Gasteiger partial charge is 0.515 e. The molecule has 2 N–H and O–H groups in total. The molecule has 0 unspecified atom stereocenters. The van der Waals surface area contributed by atoms with Crippen molar-refractivity contribution in [3.05, 3.63) is 88.6 Å². The average Bonchev–Trinajstić information content (AvgIpc) is 2.84. The molecule has 0 fully saturated rings. The molecule has 0 aliphatic heterocycles. The minimum atomic E-state index is -4.15. The molecular formula is C25H24ClN3O7S. The van der Waals surface area contributed by atoms with E-state index in [9.17, 15) is 22.8 Å². The second kappa shape index (κ2) is 12.3. The zero-order valence-corrected chi connectivity index (χ0v) is 21.5. The summed E-state index contributed by atoms with van der Waals surface area (Å²) in [4.78, 5) is 39.8. The lowest BCUT2D eigenvalue weighted by atomic mass is 10.1. The zero-order chi connectivity index (χ0) is 27.0. The number of halogens is 1. The SMILES string of the molecule is CC(C)OC(=O)Oc1ccc(C(=O)NS(=O)(=O)c2ccc(CCNC(=O)c3ccc(Cl)cc3)cc2)cn1. The fourth-order valence-electron chi connectivity index (χ4n) is 2.98. The summed E-state index contributed by atoms with van der Waals surface area (Å²) in [6.45, 7) is 3.64.